The molecule has 0 fully saturated rings. The first-order chi connectivity index (χ1) is 6.39. The van der Waals surface area contributed by atoms with E-state index < -0.39 is 24.2 Å². The zero-order valence-electron chi connectivity index (χ0n) is 6.55. The SMILES string of the molecule is FC(F)Oc1cc(C(F)(F)F)ccn1. The van der Waals surface area contributed by atoms with Crippen molar-refractivity contribution in [2.75, 3.05) is 0 Å². The largest absolute Gasteiger partial charge is 0.417 e. The van der Waals surface area contributed by atoms with Crippen LogP contribution in [0.2, 0.25) is 0 Å². The molecule has 0 radical (unpaired) electrons. The van der Waals surface area contributed by atoms with E-state index in [1.165, 1.54) is 0 Å². The number of aromatic nitrogens is 1. The lowest BCUT2D eigenvalue weighted by Crippen LogP contribution is -2.08. The quantitative estimate of drug-likeness (QED) is 0.704. The van der Waals surface area contributed by atoms with Gasteiger partial charge in [0.05, 0.1) is 5.56 Å². The van der Waals surface area contributed by atoms with Gasteiger partial charge < -0.3 is 4.74 Å². The van der Waals surface area contributed by atoms with Crippen LogP contribution in [0.4, 0.5) is 22.0 Å². The molecule has 0 unspecified atom stereocenters. The smallest absolute Gasteiger partial charge is 0.416 e. The highest BCUT2D eigenvalue weighted by Crippen LogP contribution is 2.30. The van der Waals surface area contributed by atoms with Crippen molar-refractivity contribution in [1.29, 1.82) is 0 Å². The van der Waals surface area contributed by atoms with Crippen LogP contribution in [0.25, 0.3) is 0 Å². The minimum Gasteiger partial charge on any atom is -0.417 e. The van der Waals surface area contributed by atoms with Gasteiger partial charge in [-0.1, -0.05) is 0 Å². The molecule has 0 saturated heterocycles. The van der Waals surface area contributed by atoms with Crippen LogP contribution < -0.4 is 4.74 Å². The third-order valence-electron chi connectivity index (χ3n) is 1.27. The van der Waals surface area contributed by atoms with Crippen LogP contribution in [0.1, 0.15) is 5.56 Å². The fourth-order valence-electron chi connectivity index (χ4n) is 0.741. The molecule has 0 spiro atoms. The zero-order valence-corrected chi connectivity index (χ0v) is 6.55. The van der Waals surface area contributed by atoms with Crippen LogP contribution in [-0.2, 0) is 6.18 Å². The number of pyridine rings is 1. The van der Waals surface area contributed by atoms with Gasteiger partial charge in [0, 0.05) is 12.3 Å². The fourth-order valence-corrected chi connectivity index (χ4v) is 0.741. The average Bonchev–Trinajstić information content (AvgIpc) is 2.01. The lowest BCUT2D eigenvalue weighted by atomic mass is 10.2. The van der Waals surface area contributed by atoms with Crippen molar-refractivity contribution in [3.8, 4) is 5.88 Å². The minimum absolute atomic E-state index is 0.409. The van der Waals surface area contributed by atoms with Crippen molar-refractivity contribution in [2.45, 2.75) is 12.8 Å². The topological polar surface area (TPSA) is 22.1 Å². The number of hydrogen-bond acceptors (Lipinski definition) is 2. The van der Waals surface area contributed by atoms with Gasteiger partial charge in [-0.25, -0.2) is 4.98 Å². The zero-order chi connectivity index (χ0) is 10.8. The molecule has 7 heteroatoms. The molecule has 2 nitrogen and oxygen atoms in total. The molecule has 14 heavy (non-hydrogen) atoms. The van der Waals surface area contributed by atoms with Crippen LogP contribution in [0.3, 0.4) is 0 Å². The number of rotatable bonds is 2. The fraction of sp³-hybridized carbons (Fsp3) is 0.286. The van der Waals surface area contributed by atoms with Gasteiger partial charge in [0.25, 0.3) is 0 Å². The van der Waals surface area contributed by atoms with Gasteiger partial charge in [-0.3, -0.25) is 0 Å². The molecule has 0 saturated carbocycles. The maximum absolute atomic E-state index is 12.0. The van der Waals surface area contributed by atoms with Crippen LogP contribution in [0, 0.1) is 0 Å². The van der Waals surface area contributed by atoms with E-state index in [4.69, 9.17) is 0 Å². The van der Waals surface area contributed by atoms with Gasteiger partial charge in [-0.05, 0) is 6.07 Å². The maximum Gasteiger partial charge on any atom is 0.416 e. The highest BCUT2D eigenvalue weighted by Gasteiger charge is 2.31. The molecule has 1 aromatic rings. The summed E-state index contributed by atoms with van der Waals surface area (Å²) in [6.07, 6.45) is -3.84. The second-order valence-corrected chi connectivity index (χ2v) is 2.26. The highest BCUT2D eigenvalue weighted by atomic mass is 19.4. The Morgan fingerprint density at radius 1 is 1.29 bits per heavy atom. The van der Waals surface area contributed by atoms with Crippen LogP contribution in [-0.4, -0.2) is 11.6 Å². The molecular formula is C7H4F5NO. The Bertz CT molecular complexity index is 311. The lowest BCUT2D eigenvalue weighted by Gasteiger charge is -2.08. The van der Waals surface area contributed by atoms with E-state index in [9.17, 15) is 22.0 Å². The summed E-state index contributed by atoms with van der Waals surface area (Å²) in [7, 11) is 0. The average molecular weight is 213 g/mol. The van der Waals surface area contributed by atoms with Crippen LogP contribution >= 0.6 is 0 Å². The van der Waals surface area contributed by atoms with Crippen molar-refractivity contribution in [3.63, 3.8) is 0 Å². The van der Waals surface area contributed by atoms with Gasteiger partial charge in [-0.2, -0.15) is 22.0 Å². The summed E-state index contributed by atoms with van der Waals surface area (Å²) in [5.74, 6) is -0.755. The summed E-state index contributed by atoms with van der Waals surface area (Å²) in [6, 6.07) is 1.07. The number of alkyl halides is 5. The van der Waals surface area contributed by atoms with E-state index in [2.05, 4.69) is 9.72 Å². The molecule has 1 heterocycles. The summed E-state index contributed by atoms with van der Waals surface area (Å²) in [6.45, 7) is -3.19. The van der Waals surface area contributed by atoms with E-state index in [0.717, 1.165) is 6.20 Å². The summed E-state index contributed by atoms with van der Waals surface area (Å²) in [5, 5.41) is 0. The van der Waals surface area contributed by atoms with Crippen molar-refractivity contribution < 1.29 is 26.7 Å². The Balaban J connectivity index is 2.90. The van der Waals surface area contributed by atoms with Crippen molar-refractivity contribution in [1.82, 2.24) is 4.98 Å². The van der Waals surface area contributed by atoms with Crippen LogP contribution in [0.15, 0.2) is 18.3 Å². The summed E-state index contributed by atoms with van der Waals surface area (Å²) < 4.78 is 63.0. The first-order valence-electron chi connectivity index (χ1n) is 3.37. The Hall–Kier alpha value is -1.40. The predicted octanol–water partition coefficient (Wildman–Crippen LogP) is 2.70. The second kappa shape index (κ2) is 3.77. The molecule has 0 bridgehead atoms. The number of halogens is 5. The number of nitrogens with zero attached hydrogens (tertiary/aromatic N) is 1. The third-order valence-corrected chi connectivity index (χ3v) is 1.27. The van der Waals surface area contributed by atoms with Gasteiger partial charge in [-0.15, -0.1) is 0 Å². The molecule has 0 aliphatic rings. The molecule has 0 N–H and O–H groups in total. The van der Waals surface area contributed by atoms with E-state index >= 15 is 0 Å². The predicted molar refractivity (Wildman–Crippen MR) is 35.9 cm³/mol. The Morgan fingerprint density at radius 3 is 2.43 bits per heavy atom. The lowest BCUT2D eigenvalue weighted by molar-refractivity contribution is -0.138. The van der Waals surface area contributed by atoms with Crippen molar-refractivity contribution >= 4 is 0 Å². The first-order valence-corrected chi connectivity index (χ1v) is 3.37. The van der Waals surface area contributed by atoms with Crippen molar-refractivity contribution in [2.24, 2.45) is 0 Å². The molecule has 0 aliphatic carbocycles. The second-order valence-electron chi connectivity index (χ2n) is 2.26. The van der Waals surface area contributed by atoms with Crippen molar-refractivity contribution in [3.05, 3.63) is 23.9 Å². The Morgan fingerprint density at radius 2 is 1.93 bits per heavy atom. The molecule has 0 amide bonds. The monoisotopic (exact) mass is 213 g/mol. The van der Waals surface area contributed by atoms with E-state index in [1.54, 1.807) is 0 Å². The van der Waals surface area contributed by atoms with Gasteiger partial charge >= 0.3 is 12.8 Å². The highest BCUT2D eigenvalue weighted by molar-refractivity contribution is 5.22. The minimum atomic E-state index is -4.59. The maximum atomic E-state index is 12.0. The first kappa shape index (κ1) is 10.7. The summed E-state index contributed by atoms with van der Waals surface area (Å²) in [4.78, 5) is 3.19. The molecular weight excluding hydrogens is 209 g/mol. The standard InChI is InChI=1S/C7H4F5NO/c8-6(9)14-5-3-4(1-2-13-5)7(10,11)12/h1-3,6H. The number of hydrogen-bond donors (Lipinski definition) is 0. The van der Waals surface area contributed by atoms with E-state index in [-0.39, 0.29) is 0 Å². The van der Waals surface area contributed by atoms with Crippen LogP contribution in [0.5, 0.6) is 5.88 Å². The summed E-state index contributed by atoms with van der Waals surface area (Å²) >= 11 is 0. The Kier molecular flexibility index (Phi) is 2.87. The molecule has 0 aliphatic heterocycles. The molecule has 78 valence electrons. The van der Waals surface area contributed by atoms with Gasteiger partial charge in [0.1, 0.15) is 0 Å². The summed E-state index contributed by atoms with van der Waals surface area (Å²) in [5.41, 5.74) is -1.08. The molecule has 1 aromatic heterocycles. The van der Waals surface area contributed by atoms with E-state index in [0.29, 0.717) is 12.1 Å². The number of ether oxygens (including phenoxy) is 1. The van der Waals surface area contributed by atoms with E-state index in [1.807, 2.05) is 0 Å². The molecule has 0 atom stereocenters. The van der Waals surface area contributed by atoms with Gasteiger partial charge in [0.2, 0.25) is 5.88 Å². The third kappa shape index (κ3) is 2.82. The normalized spacial score (nSPS) is 11.9. The Labute approximate surface area is 75.3 Å². The molecule has 1 rings (SSSR count). The van der Waals surface area contributed by atoms with Gasteiger partial charge in [0.15, 0.2) is 0 Å². The molecule has 0 aromatic carbocycles.